The Labute approximate surface area is 226 Å². The fourth-order valence-corrected chi connectivity index (χ4v) is 5.39. The van der Waals surface area contributed by atoms with Gasteiger partial charge in [-0.2, -0.15) is 0 Å². The smallest absolute Gasteiger partial charge is 0.246 e. The van der Waals surface area contributed by atoms with E-state index >= 15 is 0 Å². The van der Waals surface area contributed by atoms with E-state index in [4.69, 9.17) is 14.2 Å². The first-order valence-electron chi connectivity index (χ1n) is 12.7. The molecule has 3 aromatic carbocycles. The van der Waals surface area contributed by atoms with Crippen molar-refractivity contribution in [3.8, 4) is 23.0 Å². The number of carbonyl (C=O) groups is 2. The molecule has 5 rings (SSSR count). The van der Waals surface area contributed by atoms with E-state index in [2.05, 4.69) is 16.3 Å². The molecule has 2 aliphatic rings. The van der Waals surface area contributed by atoms with Crippen LogP contribution < -0.4 is 19.5 Å². The van der Waals surface area contributed by atoms with E-state index in [0.29, 0.717) is 18.8 Å². The second-order valence-corrected chi connectivity index (χ2v) is 10.3. The Hall–Kier alpha value is -3.69. The summed E-state index contributed by atoms with van der Waals surface area (Å²) in [4.78, 5) is 30.4. The molecule has 0 radical (unpaired) electrons. The Bertz CT molecular complexity index is 1250. The van der Waals surface area contributed by atoms with Crippen LogP contribution in [-0.2, 0) is 16.1 Å². The fraction of sp³-hybridized carbons (Fsp3) is 0.310. The van der Waals surface area contributed by atoms with Gasteiger partial charge in [0.2, 0.25) is 18.6 Å². The van der Waals surface area contributed by atoms with Crippen LogP contribution >= 0.6 is 11.8 Å². The summed E-state index contributed by atoms with van der Waals surface area (Å²) >= 11 is 1.54. The van der Waals surface area contributed by atoms with Crippen molar-refractivity contribution in [3.05, 3.63) is 78.4 Å². The lowest BCUT2D eigenvalue weighted by atomic mass is 10.1. The predicted octanol–water partition coefficient (Wildman–Crippen LogP) is 4.15. The van der Waals surface area contributed by atoms with E-state index in [1.807, 2.05) is 71.6 Å². The van der Waals surface area contributed by atoms with Crippen molar-refractivity contribution in [1.29, 1.82) is 0 Å². The van der Waals surface area contributed by atoms with Crippen molar-refractivity contribution < 1.29 is 23.8 Å². The van der Waals surface area contributed by atoms with E-state index in [0.717, 1.165) is 53.1 Å². The maximum atomic E-state index is 13.3. The maximum Gasteiger partial charge on any atom is 0.246 e. The molecule has 0 spiro atoms. The van der Waals surface area contributed by atoms with Crippen LogP contribution in [0.1, 0.15) is 12.5 Å². The molecule has 1 fully saturated rings. The SMILES string of the molecule is CC(=O)NC(CSc1ccc(Oc2ccccc2)cc1)C(=O)N1CCN(Cc2ccc3c(c2)OCO3)CC1. The minimum Gasteiger partial charge on any atom is -0.457 e. The van der Waals surface area contributed by atoms with E-state index in [-0.39, 0.29) is 18.6 Å². The standard InChI is InChI=1S/C29H31N3O5S/c1-21(33)30-26(19-38-25-10-8-24(9-11-25)37-23-5-3-2-4-6-23)29(34)32-15-13-31(14-16-32)18-22-7-12-27-28(17-22)36-20-35-27/h2-12,17,26H,13-16,18-20H2,1H3,(H,30,33). The number of hydrogen-bond acceptors (Lipinski definition) is 7. The monoisotopic (exact) mass is 533 g/mol. The van der Waals surface area contributed by atoms with Gasteiger partial charge in [-0.25, -0.2) is 0 Å². The lowest BCUT2D eigenvalue weighted by Crippen LogP contribution is -2.55. The molecule has 1 atom stereocenters. The summed E-state index contributed by atoms with van der Waals surface area (Å²) < 4.78 is 16.7. The van der Waals surface area contributed by atoms with Crippen LogP contribution in [0.2, 0.25) is 0 Å². The van der Waals surface area contributed by atoms with Crippen LogP contribution in [0.5, 0.6) is 23.0 Å². The van der Waals surface area contributed by atoms with Crippen LogP contribution in [0.25, 0.3) is 0 Å². The number of ether oxygens (including phenoxy) is 3. The second kappa shape index (κ2) is 12.2. The van der Waals surface area contributed by atoms with Gasteiger partial charge < -0.3 is 24.4 Å². The largest absolute Gasteiger partial charge is 0.457 e. The van der Waals surface area contributed by atoms with Gasteiger partial charge in [0, 0.05) is 50.3 Å². The molecule has 198 valence electrons. The van der Waals surface area contributed by atoms with Crippen molar-refractivity contribution in [1.82, 2.24) is 15.1 Å². The first kappa shape index (κ1) is 25.9. The number of nitrogens with zero attached hydrogens (tertiary/aromatic N) is 2. The van der Waals surface area contributed by atoms with Crippen LogP contribution in [0, 0.1) is 0 Å². The maximum absolute atomic E-state index is 13.3. The molecular formula is C29H31N3O5S. The number of thioether (sulfide) groups is 1. The summed E-state index contributed by atoms with van der Waals surface area (Å²) in [6, 6.07) is 22.8. The lowest BCUT2D eigenvalue weighted by Gasteiger charge is -2.36. The average molecular weight is 534 g/mol. The van der Waals surface area contributed by atoms with Gasteiger partial charge in [-0.05, 0) is 54.1 Å². The van der Waals surface area contributed by atoms with Gasteiger partial charge in [0.15, 0.2) is 11.5 Å². The molecule has 1 N–H and O–H groups in total. The zero-order chi connectivity index (χ0) is 26.3. The van der Waals surface area contributed by atoms with Gasteiger partial charge in [0.05, 0.1) is 0 Å². The molecule has 2 amide bonds. The molecular weight excluding hydrogens is 502 g/mol. The minimum atomic E-state index is -0.585. The summed E-state index contributed by atoms with van der Waals surface area (Å²) in [5, 5.41) is 2.85. The van der Waals surface area contributed by atoms with E-state index in [1.165, 1.54) is 18.7 Å². The Balaban J connectivity index is 1.12. The molecule has 2 aliphatic heterocycles. The molecule has 3 aromatic rings. The van der Waals surface area contributed by atoms with Gasteiger partial charge in [0.25, 0.3) is 0 Å². The number of piperazine rings is 1. The highest BCUT2D eigenvalue weighted by molar-refractivity contribution is 7.99. The molecule has 9 heteroatoms. The molecule has 1 saturated heterocycles. The van der Waals surface area contributed by atoms with E-state index in [9.17, 15) is 9.59 Å². The second-order valence-electron chi connectivity index (χ2n) is 9.24. The number of nitrogens with one attached hydrogen (secondary N) is 1. The number of hydrogen-bond donors (Lipinski definition) is 1. The highest BCUT2D eigenvalue weighted by Gasteiger charge is 2.28. The third kappa shape index (κ3) is 6.79. The normalized spacial score (nSPS) is 15.7. The van der Waals surface area contributed by atoms with Crippen LogP contribution in [-0.4, -0.2) is 66.4 Å². The lowest BCUT2D eigenvalue weighted by molar-refractivity contribution is -0.137. The summed E-state index contributed by atoms with van der Waals surface area (Å²) in [5.41, 5.74) is 1.15. The summed E-state index contributed by atoms with van der Waals surface area (Å²) in [6.45, 7) is 5.27. The quantitative estimate of drug-likeness (QED) is 0.414. The van der Waals surface area contributed by atoms with Crippen molar-refractivity contribution in [2.45, 2.75) is 24.4 Å². The topological polar surface area (TPSA) is 80.3 Å². The third-order valence-electron chi connectivity index (χ3n) is 6.42. The molecule has 0 aliphatic carbocycles. The number of rotatable bonds is 9. The van der Waals surface area contributed by atoms with Gasteiger partial charge >= 0.3 is 0 Å². The van der Waals surface area contributed by atoms with E-state index < -0.39 is 6.04 Å². The first-order chi connectivity index (χ1) is 18.5. The number of benzene rings is 3. The Morgan fingerprint density at radius 3 is 2.37 bits per heavy atom. The first-order valence-corrected chi connectivity index (χ1v) is 13.6. The Morgan fingerprint density at radius 1 is 0.921 bits per heavy atom. The van der Waals surface area contributed by atoms with Gasteiger partial charge in [-0.1, -0.05) is 24.3 Å². The van der Waals surface area contributed by atoms with Crippen LogP contribution in [0.15, 0.2) is 77.7 Å². The predicted molar refractivity (Wildman–Crippen MR) is 146 cm³/mol. The zero-order valence-corrected chi connectivity index (χ0v) is 22.1. The number of para-hydroxylation sites is 1. The Morgan fingerprint density at radius 2 is 1.63 bits per heavy atom. The number of fused-ring (bicyclic) bond motifs is 1. The third-order valence-corrected chi connectivity index (χ3v) is 7.53. The Kier molecular flexibility index (Phi) is 8.35. The van der Waals surface area contributed by atoms with Gasteiger partial charge in [-0.15, -0.1) is 11.8 Å². The summed E-state index contributed by atoms with van der Waals surface area (Å²) in [6.07, 6.45) is 0. The van der Waals surface area contributed by atoms with Gasteiger partial charge in [-0.3, -0.25) is 14.5 Å². The molecule has 2 heterocycles. The number of carbonyl (C=O) groups excluding carboxylic acids is 2. The summed E-state index contributed by atoms with van der Waals surface area (Å²) in [7, 11) is 0. The molecule has 38 heavy (non-hydrogen) atoms. The van der Waals surface area contributed by atoms with Crippen molar-refractivity contribution in [2.75, 3.05) is 38.7 Å². The fourth-order valence-electron chi connectivity index (χ4n) is 4.47. The highest BCUT2D eigenvalue weighted by atomic mass is 32.2. The van der Waals surface area contributed by atoms with E-state index in [1.54, 1.807) is 0 Å². The van der Waals surface area contributed by atoms with Crippen molar-refractivity contribution in [2.24, 2.45) is 0 Å². The minimum absolute atomic E-state index is 0.0422. The molecule has 1 unspecified atom stereocenters. The average Bonchev–Trinajstić information content (AvgIpc) is 3.40. The zero-order valence-electron chi connectivity index (χ0n) is 21.3. The number of amides is 2. The summed E-state index contributed by atoms with van der Waals surface area (Å²) in [5.74, 6) is 3.28. The molecule has 0 aromatic heterocycles. The van der Waals surface area contributed by atoms with Crippen LogP contribution in [0.4, 0.5) is 0 Å². The van der Waals surface area contributed by atoms with Crippen molar-refractivity contribution >= 4 is 23.6 Å². The van der Waals surface area contributed by atoms with Crippen LogP contribution in [0.3, 0.4) is 0 Å². The highest BCUT2D eigenvalue weighted by Crippen LogP contribution is 2.33. The van der Waals surface area contributed by atoms with Crippen molar-refractivity contribution in [3.63, 3.8) is 0 Å². The van der Waals surface area contributed by atoms with Gasteiger partial charge in [0.1, 0.15) is 17.5 Å². The molecule has 0 bridgehead atoms. The molecule has 0 saturated carbocycles. The molecule has 8 nitrogen and oxygen atoms in total.